The quantitative estimate of drug-likeness (QED) is 0.519. The molecule has 0 spiro atoms. The van der Waals surface area contributed by atoms with Crippen molar-refractivity contribution in [3.63, 3.8) is 0 Å². The average molecular weight is 227 g/mol. The van der Waals surface area contributed by atoms with Gasteiger partial charge < -0.3 is 10.4 Å². The molecule has 0 aliphatic rings. The van der Waals surface area contributed by atoms with Gasteiger partial charge in [-0.1, -0.05) is 40.7 Å². The molecular weight excluding hydrogens is 202 g/mol. The van der Waals surface area contributed by atoms with Crippen LogP contribution in [0.1, 0.15) is 41.0 Å². The van der Waals surface area contributed by atoms with Crippen LogP contribution in [0.25, 0.3) is 0 Å². The highest BCUT2D eigenvalue weighted by Gasteiger charge is 2.21. The summed E-state index contributed by atoms with van der Waals surface area (Å²) in [5, 5.41) is 12.1. The SMILES string of the molecule is CCC(=CCNCC(C)(C)C(C)C)C(=O)O. The molecule has 0 aliphatic carbocycles. The summed E-state index contributed by atoms with van der Waals surface area (Å²) in [6.45, 7) is 12.2. The van der Waals surface area contributed by atoms with E-state index in [1.54, 1.807) is 6.08 Å². The number of nitrogens with one attached hydrogen (secondary N) is 1. The second-order valence-electron chi connectivity index (χ2n) is 5.16. The topological polar surface area (TPSA) is 49.3 Å². The standard InChI is InChI=1S/C13H25NO2/c1-6-11(12(15)16)7-8-14-9-13(4,5)10(2)3/h7,10,14H,6,8-9H2,1-5H3,(H,15,16). The lowest BCUT2D eigenvalue weighted by atomic mass is 9.81. The van der Waals surface area contributed by atoms with Crippen LogP contribution in [0.4, 0.5) is 0 Å². The highest BCUT2D eigenvalue weighted by molar-refractivity contribution is 5.86. The van der Waals surface area contributed by atoms with E-state index in [0.29, 0.717) is 24.5 Å². The van der Waals surface area contributed by atoms with Gasteiger partial charge in [-0.2, -0.15) is 0 Å². The van der Waals surface area contributed by atoms with Crippen LogP contribution in [0.5, 0.6) is 0 Å². The Morgan fingerprint density at radius 3 is 2.38 bits per heavy atom. The first-order chi connectivity index (χ1) is 7.31. The Morgan fingerprint density at radius 2 is 2.00 bits per heavy atom. The molecule has 0 saturated heterocycles. The summed E-state index contributed by atoms with van der Waals surface area (Å²) in [6, 6.07) is 0. The molecule has 16 heavy (non-hydrogen) atoms. The molecule has 0 atom stereocenters. The van der Waals surface area contributed by atoms with E-state index in [-0.39, 0.29) is 5.41 Å². The van der Waals surface area contributed by atoms with Crippen molar-refractivity contribution in [3.8, 4) is 0 Å². The molecule has 0 amide bonds. The monoisotopic (exact) mass is 227 g/mol. The van der Waals surface area contributed by atoms with Gasteiger partial charge in [0.15, 0.2) is 0 Å². The Bertz CT molecular complexity index is 255. The van der Waals surface area contributed by atoms with Crippen molar-refractivity contribution in [2.75, 3.05) is 13.1 Å². The summed E-state index contributed by atoms with van der Waals surface area (Å²) in [5.74, 6) is -0.207. The lowest BCUT2D eigenvalue weighted by Gasteiger charge is -2.29. The maximum Gasteiger partial charge on any atom is 0.331 e. The van der Waals surface area contributed by atoms with Crippen LogP contribution in [-0.4, -0.2) is 24.2 Å². The Labute approximate surface area is 98.9 Å². The van der Waals surface area contributed by atoms with Gasteiger partial charge in [-0.25, -0.2) is 4.79 Å². The number of carboxylic acids is 1. The fourth-order valence-electron chi connectivity index (χ4n) is 1.18. The summed E-state index contributed by atoms with van der Waals surface area (Å²) in [4.78, 5) is 10.7. The van der Waals surface area contributed by atoms with Crippen molar-refractivity contribution >= 4 is 5.97 Å². The molecule has 94 valence electrons. The van der Waals surface area contributed by atoms with Crippen LogP contribution in [0, 0.1) is 11.3 Å². The average Bonchev–Trinajstić information content (AvgIpc) is 2.16. The van der Waals surface area contributed by atoms with Crippen molar-refractivity contribution in [1.82, 2.24) is 5.32 Å². The molecule has 0 aliphatic heterocycles. The van der Waals surface area contributed by atoms with E-state index in [4.69, 9.17) is 5.11 Å². The van der Waals surface area contributed by atoms with Gasteiger partial charge in [0.25, 0.3) is 0 Å². The van der Waals surface area contributed by atoms with E-state index >= 15 is 0 Å². The third-order valence-electron chi connectivity index (χ3n) is 3.29. The second kappa shape index (κ2) is 6.69. The summed E-state index contributed by atoms with van der Waals surface area (Å²) >= 11 is 0. The molecule has 3 heteroatoms. The van der Waals surface area contributed by atoms with Crippen molar-refractivity contribution < 1.29 is 9.90 Å². The summed E-state index contributed by atoms with van der Waals surface area (Å²) in [7, 11) is 0. The smallest absolute Gasteiger partial charge is 0.331 e. The second-order valence-corrected chi connectivity index (χ2v) is 5.16. The molecule has 3 nitrogen and oxygen atoms in total. The van der Waals surface area contributed by atoms with E-state index in [1.165, 1.54) is 0 Å². The highest BCUT2D eigenvalue weighted by Crippen LogP contribution is 2.24. The van der Waals surface area contributed by atoms with Gasteiger partial charge in [0.05, 0.1) is 0 Å². The third-order valence-corrected chi connectivity index (χ3v) is 3.29. The van der Waals surface area contributed by atoms with Gasteiger partial charge in [-0.05, 0) is 17.8 Å². The van der Waals surface area contributed by atoms with Crippen molar-refractivity contribution in [1.29, 1.82) is 0 Å². The van der Waals surface area contributed by atoms with Gasteiger partial charge in [-0.3, -0.25) is 0 Å². The third kappa shape index (κ3) is 5.31. The summed E-state index contributed by atoms with van der Waals surface area (Å²) < 4.78 is 0. The molecule has 0 bridgehead atoms. The largest absolute Gasteiger partial charge is 0.478 e. The molecule has 0 aromatic rings. The molecular formula is C13H25NO2. The number of rotatable bonds is 7. The fraction of sp³-hybridized carbons (Fsp3) is 0.769. The number of hydrogen-bond donors (Lipinski definition) is 2. The Morgan fingerprint density at radius 1 is 1.44 bits per heavy atom. The molecule has 0 rings (SSSR count). The van der Waals surface area contributed by atoms with E-state index in [0.717, 1.165) is 6.54 Å². The summed E-state index contributed by atoms with van der Waals surface area (Å²) in [5.41, 5.74) is 0.721. The lowest BCUT2D eigenvalue weighted by Crippen LogP contribution is -2.33. The number of carboxylic acid groups (broad SMARTS) is 1. The first-order valence-corrected chi connectivity index (χ1v) is 5.94. The maximum absolute atomic E-state index is 10.7. The molecule has 0 radical (unpaired) electrons. The van der Waals surface area contributed by atoms with Crippen molar-refractivity contribution in [3.05, 3.63) is 11.6 Å². The zero-order valence-electron chi connectivity index (χ0n) is 11.1. The predicted octanol–water partition coefficient (Wildman–Crippen LogP) is 2.68. The number of hydrogen-bond acceptors (Lipinski definition) is 2. The Balaban J connectivity index is 4.04. The van der Waals surface area contributed by atoms with Gasteiger partial charge >= 0.3 is 5.97 Å². The van der Waals surface area contributed by atoms with Crippen LogP contribution < -0.4 is 5.32 Å². The van der Waals surface area contributed by atoms with E-state index in [1.807, 2.05) is 6.92 Å². The zero-order chi connectivity index (χ0) is 12.8. The van der Waals surface area contributed by atoms with E-state index in [9.17, 15) is 4.79 Å². The zero-order valence-corrected chi connectivity index (χ0v) is 11.1. The Hall–Kier alpha value is -0.830. The molecule has 0 heterocycles. The van der Waals surface area contributed by atoms with E-state index in [2.05, 4.69) is 33.0 Å². The fourth-order valence-corrected chi connectivity index (χ4v) is 1.18. The van der Waals surface area contributed by atoms with Crippen molar-refractivity contribution in [2.45, 2.75) is 41.0 Å². The minimum absolute atomic E-state index is 0.240. The molecule has 2 N–H and O–H groups in total. The minimum atomic E-state index is -0.813. The van der Waals surface area contributed by atoms with Gasteiger partial charge in [0.1, 0.15) is 0 Å². The van der Waals surface area contributed by atoms with Crippen LogP contribution in [0.15, 0.2) is 11.6 Å². The molecule has 0 saturated carbocycles. The van der Waals surface area contributed by atoms with Crippen LogP contribution >= 0.6 is 0 Å². The maximum atomic E-state index is 10.7. The Kier molecular flexibility index (Phi) is 6.34. The predicted molar refractivity (Wildman–Crippen MR) is 67.5 cm³/mol. The molecule has 0 aromatic carbocycles. The molecule has 0 aromatic heterocycles. The number of carbonyl (C=O) groups is 1. The normalized spacial score (nSPS) is 13.2. The van der Waals surface area contributed by atoms with Gasteiger partial charge in [0.2, 0.25) is 0 Å². The first-order valence-electron chi connectivity index (χ1n) is 5.94. The minimum Gasteiger partial charge on any atom is -0.478 e. The first kappa shape index (κ1) is 15.2. The van der Waals surface area contributed by atoms with Crippen LogP contribution in [-0.2, 0) is 4.79 Å². The summed E-state index contributed by atoms with van der Waals surface area (Å²) in [6.07, 6.45) is 2.34. The molecule has 0 unspecified atom stereocenters. The lowest BCUT2D eigenvalue weighted by molar-refractivity contribution is -0.132. The molecule has 0 fully saturated rings. The van der Waals surface area contributed by atoms with Crippen molar-refractivity contribution in [2.24, 2.45) is 11.3 Å². The van der Waals surface area contributed by atoms with Gasteiger partial charge in [0, 0.05) is 18.7 Å². The number of aliphatic carboxylic acids is 1. The highest BCUT2D eigenvalue weighted by atomic mass is 16.4. The van der Waals surface area contributed by atoms with Gasteiger partial charge in [-0.15, -0.1) is 0 Å². The van der Waals surface area contributed by atoms with Crippen LogP contribution in [0.3, 0.4) is 0 Å². The van der Waals surface area contributed by atoms with E-state index < -0.39 is 5.97 Å². The van der Waals surface area contributed by atoms with Crippen LogP contribution in [0.2, 0.25) is 0 Å².